The summed E-state index contributed by atoms with van der Waals surface area (Å²) in [6.07, 6.45) is 1.03. The summed E-state index contributed by atoms with van der Waals surface area (Å²) in [7, 11) is 0. The van der Waals surface area contributed by atoms with Crippen LogP contribution in [0.4, 0.5) is 8.78 Å². The number of nitrogens with two attached hydrogens (primary N) is 1. The van der Waals surface area contributed by atoms with Gasteiger partial charge in [0.1, 0.15) is 17.7 Å². The number of amides is 1. The van der Waals surface area contributed by atoms with Gasteiger partial charge < -0.3 is 20.7 Å². The number of halogens is 2. The normalized spacial score (nSPS) is 12.9. The van der Waals surface area contributed by atoms with Crippen molar-refractivity contribution in [3.05, 3.63) is 70.3 Å². The average Bonchev–Trinajstić information content (AvgIpc) is 2.79. The maximum Gasteiger partial charge on any atom is 0.338 e. The van der Waals surface area contributed by atoms with Crippen molar-refractivity contribution < 1.29 is 23.1 Å². The third-order valence-corrected chi connectivity index (χ3v) is 5.69. The van der Waals surface area contributed by atoms with Gasteiger partial charge in [0.15, 0.2) is 0 Å². The second kappa shape index (κ2) is 14.0. The quantitative estimate of drug-likeness (QED) is 0.390. The first kappa shape index (κ1) is 29.4. The van der Waals surface area contributed by atoms with Crippen molar-refractivity contribution in [1.82, 2.24) is 10.2 Å². The number of benzene rings is 2. The molecule has 8 heteroatoms. The molecular weight excluding hydrogens is 464 g/mol. The molecular formula is C28H39F2N3O3. The van der Waals surface area contributed by atoms with E-state index >= 15 is 0 Å². The molecule has 2 aromatic rings. The molecule has 6 nitrogen and oxygen atoms in total. The molecule has 0 fully saturated rings. The largest absolute Gasteiger partial charge is 0.456 e. The summed E-state index contributed by atoms with van der Waals surface area (Å²) in [5, 5.41) is 3.21. The van der Waals surface area contributed by atoms with Gasteiger partial charge in [0.2, 0.25) is 0 Å². The maximum atomic E-state index is 13.6. The molecule has 0 aliphatic heterocycles. The summed E-state index contributed by atoms with van der Waals surface area (Å²) >= 11 is 0. The van der Waals surface area contributed by atoms with Gasteiger partial charge in [-0.1, -0.05) is 27.7 Å². The minimum Gasteiger partial charge on any atom is -0.456 e. The van der Waals surface area contributed by atoms with Gasteiger partial charge in [0.25, 0.3) is 5.91 Å². The lowest BCUT2D eigenvalue weighted by atomic mass is 10.0. The van der Waals surface area contributed by atoms with Crippen molar-refractivity contribution in [3.8, 4) is 0 Å². The molecule has 0 saturated carbocycles. The first-order valence-corrected chi connectivity index (χ1v) is 12.6. The first-order valence-electron chi connectivity index (χ1n) is 12.6. The second-order valence-electron chi connectivity index (χ2n) is 9.53. The Bertz CT molecular complexity index is 1000. The van der Waals surface area contributed by atoms with Crippen molar-refractivity contribution in [2.75, 3.05) is 19.6 Å². The van der Waals surface area contributed by atoms with Gasteiger partial charge in [-0.3, -0.25) is 4.79 Å². The molecule has 0 aliphatic carbocycles. The SMILES string of the molecule is CCCN(CCC)C(=O)c1cc(C)cc(C(=O)OC(CNC(C)C)C(N)Cc2cc(F)cc(F)c2)c1. The molecule has 3 N–H and O–H groups in total. The first-order chi connectivity index (χ1) is 17.0. The monoisotopic (exact) mass is 503 g/mol. The third kappa shape index (κ3) is 8.99. The van der Waals surface area contributed by atoms with E-state index in [-0.39, 0.29) is 30.5 Å². The molecule has 198 valence electrons. The summed E-state index contributed by atoms with van der Waals surface area (Å²) in [6, 6.07) is 7.61. The lowest BCUT2D eigenvalue weighted by Gasteiger charge is -2.26. The van der Waals surface area contributed by atoms with Crippen molar-refractivity contribution in [2.45, 2.75) is 72.1 Å². The molecule has 0 aromatic heterocycles. The summed E-state index contributed by atoms with van der Waals surface area (Å²) in [5.41, 5.74) is 8.18. The summed E-state index contributed by atoms with van der Waals surface area (Å²) < 4.78 is 33.1. The van der Waals surface area contributed by atoms with Crippen LogP contribution in [0.3, 0.4) is 0 Å². The summed E-state index contributed by atoms with van der Waals surface area (Å²) in [5.74, 6) is -2.12. The topological polar surface area (TPSA) is 84.7 Å². The van der Waals surface area contributed by atoms with Crippen LogP contribution < -0.4 is 11.1 Å². The van der Waals surface area contributed by atoms with Gasteiger partial charge in [-0.05, 0) is 67.6 Å². The second-order valence-corrected chi connectivity index (χ2v) is 9.53. The number of hydrogen-bond acceptors (Lipinski definition) is 5. The summed E-state index contributed by atoms with van der Waals surface area (Å²) in [6.45, 7) is 11.3. The Balaban J connectivity index is 2.25. The number of nitrogens with zero attached hydrogens (tertiary/aromatic N) is 1. The fourth-order valence-electron chi connectivity index (χ4n) is 4.03. The lowest BCUT2D eigenvalue weighted by Crippen LogP contribution is -2.47. The number of carbonyl (C=O) groups excluding carboxylic acids is 2. The van der Waals surface area contributed by atoms with E-state index in [2.05, 4.69) is 5.32 Å². The minimum absolute atomic E-state index is 0.108. The smallest absolute Gasteiger partial charge is 0.338 e. The molecule has 0 radical (unpaired) electrons. The van der Waals surface area contributed by atoms with E-state index in [9.17, 15) is 18.4 Å². The van der Waals surface area contributed by atoms with Crippen LogP contribution in [0.5, 0.6) is 0 Å². The Kier molecular flexibility index (Phi) is 11.5. The standard InChI is InChI=1S/C28H39F2N3O3/c1-6-8-33(9-7-2)27(34)21-10-19(5)11-22(15-21)28(35)36-26(17-32-18(3)4)25(31)14-20-12-23(29)16-24(30)13-20/h10-13,15-16,18,25-26,32H,6-9,14,17,31H2,1-5H3. The highest BCUT2D eigenvalue weighted by atomic mass is 19.1. The minimum atomic E-state index is -0.762. The van der Waals surface area contributed by atoms with E-state index in [4.69, 9.17) is 10.5 Å². The molecule has 1 amide bonds. The van der Waals surface area contributed by atoms with Crippen LogP contribution in [0.1, 0.15) is 72.4 Å². The highest BCUT2D eigenvalue weighted by molar-refractivity contribution is 5.98. The van der Waals surface area contributed by atoms with E-state index in [1.54, 1.807) is 23.1 Å². The molecule has 36 heavy (non-hydrogen) atoms. The number of esters is 1. The van der Waals surface area contributed by atoms with Gasteiger partial charge in [0, 0.05) is 43.3 Å². The Hall–Kier alpha value is -2.84. The van der Waals surface area contributed by atoms with Gasteiger partial charge >= 0.3 is 5.97 Å². The highest BCUT2D eigenvalue weighted by Gasteiger charge is 2.25. The molecule has 0 bridgehead atoms. The van der Waals surface area contributed by atoms with Crippen LogP contribution in [0, 0.1) is 18.6 Å². The number of nitrogens with one attached hydrogen (secondary N) is 1. The Morgan fingerprint density at radius 3 is 2.11 bits per heavy atom. The van der Waals surface area contributed by atoms with Crippen molar-refractivity contribution in [1.29, 1.82) is 0 Å². The highest BCUT2D eigenvalue weighted by Crippen LogP contribution is 2.17. The Morgan fingerprint density at radius 1 is 0.972 bits per heavy atom. The zero-order chi connectivity index (χ0) is 26.8. The van der Waals surface area contributed by atoms with Crippen molar-refractivity contribution in [2.24, 2.45) is 5.73 Å². The lowest BCUT2D eigenvalue weighted by molar-refractivity contribution is 0.0234. The zero-order valence-corrected chi connectivity index (χ0v) is 21.9. The van der Waals surface area contributed by atoms with Gasteiger partial charge in [-0.25, -0.2) is 13.6 Å². The molecule has 2 atom stereocenters. The van der Waals surface area contributed by atoms with Crippen LogP contribution in [0.25, 0.3) is 0 Å². The van der Waals surface area contributed by atoms with E-state index in [1.165, 1.54) is 12.1 Å². The van der Waals surface area contributed by atoms with E-state index in [0.717, 1.165) is 24.5 Å². The number of rotatable bonds is 13. The molecule has 2 unspecified atom stereocenters. The van der Waals surface area contributed by atoms with Crippen molar-refractivity contribution >= 4 is 11.9 Å². The maximum absolute atomic E-state index is 13.6. The summed E-state index contributed by atoms with van der Waals surface area (Å²) in [4.78, 5) is 28.0. The number of aryl methyl sites for hydroxylation is 1. The Labute approximate surface area is 213 Å². The molecule has 2 rings (SSSR count). The Morgan fingerprint density at radius 2 is 1.56 bits per heavy atom. The van der Waals surface area contributed by atoms with Crippen LogP contribution >= 0.6 is 0 Å². The van der Waals surface area contributed by atoms with Crippen molar-refractivity contribution in [3.63, 3.8) is 0 Å². The molecule has 0 aliphatic rings. The molecule has 0 heterocycles. The van der Waals surface area contributed by atoms with Gasteiger partial charge in [0.05, 0.1) is 5.56 Å². The van der Waals surface area contributed by atoms with Gasteiger partial charge in [-0.2, -0.15) is 0 Å². The number of carbonyl (C=O) groups is 2. The number of hydrogen-bond donors (Lipinski definition) is 2. The van der Waals surface area contributed by atoms with Crippen LogP contribution in [0.15, 0.2) is 36.4 Å². The van der Waals surface area contributed by atoms with Crippen LogP contribution in [-0.2, 0) is 11.2 Å². The van der Waals surface area contributed by atoms with E-state index in [1.807, 2.05) is 34.6 Å². The van der Waals surface area contributed by atoms with E-state index < -0.39 is 29.7 Å². The third-order valence-electron chi connectivity index (χ3n) is 5.69. The zero-order valence-electron chi connectivity index (χ0n) is 21.9. The fourth-order valence-corrected chi connectivity index (χ4v) is 4.03. The van der Waals surface area contributed by atoms with Gasteiger partial charge in [-0.15, -0.1) is 0 Å². The fraction of sp³-hybridized carbons (Fsp3) is 0.500. The molecule has 0 spiro atoms. The van der Waals surface area contributed by atoms with Crippen LogP contribution in [-0.4, -0.2) is 54.6 Å². The number of ether oxygens (including phenoxy) is 1. The predicted octanol–water partition coefficient (Wildman–Crippen LogP) is 4.63. The van der Waals surface area contributed by atoms with E-state index in [0.29, 0.717) is 24.2 Å². The average molecular weight is 504 g/mol. The predicted molar refractivity (Wildman–Crippen MR) is 138 cm³/mol. The molecule has 2 aromatic carbocycles. The molecule has 0 saturated heterocycles. The van der Waals surface area contributed by atoms with Crippen LogP contribution in [0.2, 0.25) is 0 Å².